The van der Waals surface area contributed by atoms with Crippen molar-refractivity contribution in [3.63, 3.8) is 0 Å². The van der Waals surface area contributed by atoms with Crippen molar-refractivity contribution in [3.8, 4) is 0 Å². The van der Waals surface area contributed by atoms with Gasteiger partial charge in [0.2, 0.25) is 5.91 Å². The van der Waals surface area contributed by atoms with Crippen LogP contribution in [0, 0.1) is 5.92 Å². The molecule has 3 unspecified atom stereocenters. The van der Waals surface area contributed by atoms with E-state index in [2.05, 4.69) is 44.2 Å². The summed E-state index contributed by atoms with van der Waals surface area (Å²) in [6, 6.07) is 10.3. The van der Waals surface area contributed by atoms with Crippen LogP contribution in [0.3, 0.4) is 0 Å². The van der Waals surface area contributed by atoms with E-state index in [0.717, 1.165) is 38.8 Å². The third kappa shape index (κ3) is 4.72. The summed E-state index contributed by atoms with van der Waals surface area (Å²) in [5.41, 5.74) is 7.51. The maximum Gasteiger partial charge on any atom is 0.239 e. The van der Waals surface area contributed by atoms with Gasteiger partial charge in [-0.1, -0.05) is 50.6 Å². The minimum atomic E-state index is -0.344. The molecule has 1 amide bonds. The summed E-state index contributed by atoms with van der Waals surface area (Å²) in [4.78, 5) is 14.5. The molecule has 22 heavy (non-hydrogen) atoms. The Morgan fingerprint density at radius 3 is 2.59 bits per heavy atom. The first-order valence-corrected chi connectivity index (χ1v) is 8.22. The first kappa shape index (κ1) is 19.0. The molecule has 2 N–H and O–H groups in total. The van der Waals surface area contributed by atoms with Crippen molar-refractivity contribution in [2.75, 3.05) is 13.1 Å². The van der Waals surface area contributed by atoms with Crippen LogP contribution in [0.4, 0.5) is 0 Å². The molecule has 0 spiro atoms. The molecule has 1 aliphatic rings. The molecular formula is C18H29ClN2O. The third-order valence-corrected chi connectivity index (χ3v) is 4.85. The van der Waals surface area contributed by atoms with E-state index < -0.39 is 0 Å². The minimum Gasteiger partial charge on any atom is -0.341 e. The van der Waals surface area contributed by atoms with Gasteiger partial charge >= 0.3 is 0 Å². The molecule has 0 bridgehead atoms. The molecule has 4 heteroatoms. The van der Waals surface area contributed by atoms with E-state index in [4.69, 9.17) is 5.73 Å². The van der Waals surface area contributed by atoms with Crippen molar-refractivity contribution in [1.82, 2.24) is 4.90 Å². The van der Waals surface area contributed by atoms with Crippen LogP contribution in [0.1, 0.15) is 51.0 Å². The van der Waals surface area contributed by atoms with Crippen LogP contribution in [-0.2, 0) is 4.79 Å². The number of hydrogen-bond donors (Lipinski definition) is 1. The molecule has 3 atom stereocenters. The van der Waals surface area contributed by atoms with Crippen molar-refractivity contribution in [3.05, 3.63) is 35.9 Å². The van der Waals surface area contributed by atoms with Gasteiger partial charge in [-0.2, -0.15) is 0 Å². The van der Waals surface area contributed by atoms with Crippen LogP contribution in [0.5, 0.6) is 0 Å². The van der Waals surface area contributed by atoms with Crippen molar-refractivity contribution < 1.29 is 4.79 Å². The lowest BCUT2D eigenvalue weighted by Gasteiger charge is -2.27. The maximum absolute atomic E-state index is 12.5. The van der Waals surface area contributed by atoms with E-state index in [1.807, 2.05) is 4.90 Å². The number of halogens is 1. The fraction of sp³-hybridized carbons (Fsp3) is 0.611. The van der Waals surface area contributed by atoms with E-state index >= 15 is 0 Å². The second-order valence-corrected chi connectivity index (χ2v) is 6.28. The Bertz CT molecular complexity index is 452. The fourth-order valence-electron chi connectivity index (χ4n) is 3.08. The first-order valence-electron chi connectivity index (χ1n) is 8.22. The maximum atomic E-state index is 12.5. The Morgan fingerprint density at radius 1 is 1.27 bits per heavy atom. The second kappa shape index (κ2) is 9.16. The molecule has 124 valence electrons. The third-order valence-electron chi connectivity index (χ3n) is 4.85. The number of carbonyl (C=O) groups excluding carboxylic acids is 1. The zero-order chi connectivity index (χ0) is 15.2. The number of hydrogen-bond acceptors (Lipinski definition) is 2. The summed E-state index contributed by atoms with van der Waals surface area (Å²) in [5, 5.41) is 0. The normalized spacial score (nSPS) is 21.4. The number of amides is 1. The number of rotatable bonds is 4. The van der Waals surface area contributed by atoms with Crippen LogP contribution in [0.15, 0.2) is 30.3 Å². The van der Waals surface area contributed by atoms with E-state index in [1.54, 1.807) is 0 Å². The smallest absolute Gasteiger partial charge is 0.239 e. The summed E-state index contributed by atoms with van der Waals surface area (Å²) < 4.78 is 0. The van der Waals surface area contributed by atoms with Crippen molar-refractivity contribution >= 4 is 18.3 Å². The van der Waals surface area contributed by atoms with Gasteiger partial charge in [0.15, 0.2) is 0 Å². The quantitative estimate of drug-likeness (QED) is 0.920. The molecule has 3 nitrogen and oxygen atoms in total. The van der Waals surface area contributed by atoms with E-state index in [-0.39, 0.29) is 30.3 Å². The molecule has 0 aliphatic carbocycles. The molecule has 1 fully saturated rings. The van der Waals surface area contributed by atoms with Gasteiger partial charge in [-0.3, -0.25) is 4.79 Å². The second-order valence-electron chi connectivity index (χ2n) is 6.28. The van der Waals surface area contributed by atoms with E-state index in [9.17, 15) is 4.79 Å². The first-order chi connectivity index (χ1) is 10.1. The average molecular weight is 325 g/mol. The summed E-state index contributed by atoms with van der Waals surface area (Å²) in [7, 11) is 0. The highest BCUT2D eigenvalue weighted by molar-refractivity contribution is 5.85. The van der Waals surface area contributed by atoms with Gasteiger partial charge in [0, 0.05) is 13.1 Å². The fourth-order valence-corrected chi connectivity index (χ4v) is 3.08. The molecule has 0 radical (unpaired) electrons. The monoisotopic (exact) mass is 324 g/mol. The van der Waals surface area contributed by atoms with Crippen LogP contribution >= 0.6 is 12.4 Å². The van der Waals surface area contributed by atoms with Crippen LogP contribution in [-0.4, -0.2) is 29.9 Å². The number of likely N-dealkylation sites (tertiary alicyclic amines) is 1. The van der Waals surface area contributed by atoms with E-state index in [0.29, 0.717) is 5.92 Å². The Morgan fingerprint density at radius 2 is 1.95 bits per heavy atom. The number of carbonyl (C=O) groups is 1. The zero-order valence-electron chi connectivity index (χ0n) is 13.7. The van der Waals surface area contributed by atoms with Gasteiger partial charge in [-0.15, -0.1) is 12.4 Å². The van der Waals surface area contributed by atoms with Gasteiger partial charge in [0.05, 0.1) is 6.04 Å². The topological polar surface area (TPSA) is 46.3 Å². The van der Waals surface area contributed by atoms with Crippen molar-refractivity contribution in [2.45, 2.75) is 51.5 Å². The number of nitrogens with zero attached hydrogens (tertiary/aromatic N) is 1. The summed E-state index contributed by atoms with van der Waals surface area (Å²) >= 11 is 0. The molecule has 1 saturated heterocycles. The highest BCUT2D eigenvalue weighted by Crippen LogP contribution is 2.28. The summed E-state index contributed by atoms with van der Waals surface area (Å²) in [6.07, 6.45) is 4.22. The predicted molar refractivity (Wildman–Crippen MR) is 94.3 cm³/mol. The standard InChI is InChI=1S/C18H28N2O.ClH/c1-3-14(2)17(19)18(21)20-12-7-10-16(11-13-20)15-8-5-4-6-9-15;/h4-6,8-9,14,16-17H,3,7,10-13,19H2,1-2H3;1H. The Balaban J connectivity index is 0.00000242. The molecule has 1 aliphatic heterocycles. The lowest BCUT2D eigenvalue weighted by molar-refractivity contribution is -0.133. The van der Waals surface area contributed by atoms with Gasteiger partial charge in [-0.05, 0) is 36.7 Å². The Kier molecular flexibility index (Phi) is 7.91. The van der Waals surface area contributed by atoms with Gasteiger partial charge in [-0.25, -0.2) is 0 Å². The van der Waals surface area contributed by atoms with Crippen LogP contribution in [0.2, 0.25) is 0 Å². The van der Waals surface area contributed by atoms with Crippen molar-refractivity contribution in [2.24, 2.45) is 11.7 Å². The summed E-state index contributed by atoms with van der Waals surface area (Å²) in [5.74, 6) is 0.965. The molecular weight excluding hydrogens is 296 g/mol. The molecule has 0 saturated carbocycles. The highest BCUT2D eigenvalue weighted by Gasteiger charge is 2.27. The Hall–Kier alpha value is -1.06. The van der Waals surface area contributed by atoms with Gasteiger partial charge in [0.1, 0.15) is 0 Å². The SMILES string of the molecule is CCC(C)C(N)C(=O)N1CCCC(c2ccccc2)CC1.Cl. The lowest BCUT2D eigenvalue weighted by atomic mass is 9.92. The highest BCUT2D eigenvalue weighted by atomic mass is 35.5. The average Bonchev–Trinajstić information content (AvgIpc) is 2.79. The Labute approximate surface area is 140 Å². The zero-order valence-corrected chi connectivity index (χ0v) is 14.5. The van der Waals surface area contributed by atoms with Crippen LogP contribution in [0.25, 0.3) is 0 Å². The molecule has 1 aromatic carbocycles. The van der Waals surface area contributed by atoms with Crippen molar-refractivity contribution in [1.29, 1.82) is 0 Å². The molecule has 1 aromatic rings. The minimum absolute atomic E-state index is 0. The van der Waals surface area contributed by atoms with Gasteiger partial charge < -0.3 is 10.6 Å². The number of benzene rings is 1. The molecule has 0 aromatic heterocycles. The molecule has 2 rings (SSSR count). The lowest BCUT2D eigenvalue weighted by Crippen LogP contribution is -2.47. The van der Waals surface area contributed by atoms with Crippen LogP contribution < -0.4 is 5.73 Å². The largest absolute Gasteiger partial charge is 0.341 e. The molecule has 1 heterocycles. The predicted octanol–water partition coefficient (Wildman–Crippen LogP) is 3.58. The van der Waals surface area contributed by atoms with E-state index in [1.165, 1.54) is 5.56 Å². The number of nitrogens with two attached hydrogens (primary N) is 1. The summed E-state index contributed by atoms with van der Waals surface area (Å²) in [6.45, 7) is 5.84. The van der Waals surface area contributed by atoms with Gasteiger partial charge in [0.25, 0.3) is 0 Å².